The third-order valence-electron chi connectivity index (χ3n) is 4.30. The van der Waals surface area contributed by atoms with E-state index in [1.54, 1.807) is 6.07 Å². The smallest absolute Gasteiger partial charge is 0.388 e. The normalized spacial score (nSPS) is 17.0. The van der Waals surface area contributed by atoms with Crippen molar-refractivity contribution in [2.45, 2.75) is 56.9 Å². The molecular formula is C19H20F5NO2. The zero-order chi connectivity index (χ0) is 20.1. The summed E-state index contributed by atoms with van der Waals surface area (Å²) < 4.78 is 63.5. The zero-order valence-electron chi connectivity index (χ0n) is 14.5. The Kier molecular flexibility index (Phi) is 6.82. The fraction of sp³-hybridized carbons (Fsp3) is 0.526. The highest BCUT2D eigenvalue weighted by Gasteiger charge is 2.45. The number of nitrogens with one attached hydrogen (secondary N) is 1. The van der Waals surface area contributed by atoms with Gasteiger partial charge in [-0.05, 0) is 30.5 Å². The van der Waals surface area contributed by atoms with Gasteiger partial charge in [-0.3, -0.25) is 10.1 Å². The van der Waals surface area contributed by atoms with E-state index in [1.807, 2.05) is 0 Å². The number of aliphatic hydroxyl groups excluding tert-OH is 1. The van der Waals surface area contributed by atoms with E-state index in [2.05, 4.69) is 11.8 Å². The molecule has 27 heavy (non-hydrogen) atoms. The van der Waals surface area contributed by atoms with Crippen molar-refractivity contribution in [3.05, 3.63) is 35.4 Å². The van der Waals surface area contributed by atoms with Crippen LogP contribution in [0, 0.1) is 17.8 Å². The van der Waals surface area contributed by atoms with Crippen molar-refractivity contribution >= 4 is 5.91 Å². The molecule has 1 aromatic rings. The Labute approximate surface area is 154 Å². The molecule has 1 amide bonds. The Morgan fingerprint density at radius 3 is 2.48 bits per heavy atom. The largest absolute Gasteiger partial charge is 0.471 e. The van der Waals surface area contributed by atoms with Gasteiger partial charge in [0.2, 0.25) is 0 Å². The molecule has 148 valence electrons. The molecule has 0 heterocycles. The third kappa shape index (κ3) is 6.83. The summed E-state index contributed by atoms with van der Waals surface area (Å²) in [6, 6.07) is 1.77. The average molecular weight is 389 g/mol. The monoisotopic (exact) mass is 389 g/mol. The number of carbonyl (C=O) groups excluding carboxylic acids is 1. The van der Waals surface area contributed by atoms with Gasteiger partial charge in [0.15, 0.2) is 0 Å². The maximum atomic E-state index is 13.6. The first kappa shape index (κ1) is 21.2. The van der Waals surface area contributed by atoms with Crippen LogP contribution in [0.25, 0.3) is 0 Å². The molecule has 0 aliphatic heterocycles. The number of amides is 1. The summed E-state index contributed by atoms with van der Waals surface area (Å²) in [5, 5.41) is 10.5. The number of hydrogen-bond donors (Lipinski definition) is 2. The predicted molar refractivity (Wildman–Crippen MR) is 88.6 cm³/mol. The van der Waals surface area contributed by atoms with Gasteiger partial charge in [0.25, 0.3) is 0 Å². The minimum absolute atomic E-state index is 0.0892. The van der Waals surface area contributed by atoms with E-state index in [-0.39, 0.29) is 11.5 Å². The van der Waals surface area contributed by atoms with Gasteiger partial charge in [0.05, 0.1) is 12.5 Å². The number of halogens is 5. The number of aliphatic hydroxyl groups is 1. The molecule has 0 aromatic heterocycles. The van der Waals surface area contributed by atoms with Crippen LogP contribution in [0.2, 0.25) is 0 Å². The Morgan fingerprint density at radius 2 is 1.85 bits per heavy atom. The molecule has 1 aliphatic carbocycles. The first-order chi connectivity index (χ1) is 12.6. The van der Waals surface area contributed by atoms with Crippen molar-refractivity contribution in [2.24, 2.45) is 5.92 Å². The fourth-order valence-electron chi connectivity index (χ4n) is 2.90. The summed E-state index contributed by atoms with van der Waals surface area (Å²) in [5.41, 5.74) is 0.617. The SMILES string of the molecule is O=C(NC(F)(F)CC(O)c1cccc(C#CC2CCCCC2)c1)C(F)(F)F. The summed E-state index contributed by atoms with van der Waals surface area (Å²) >= 11 is 0. The van der Waals surface area contributed by atoms with E-state index < -0.39 is 30.7 Å². The van der Waals surface area contributed by atoms with Gasteiger partial charge in [-0.2, -0.15) is 22.0 Å². The minimum atomic E-state index is -5.43. The molecule has 1 aromatic carbocycles. The second kappa shape index (κ2) is 8.70. The summed E-state index contributed by atoms with van der Waals surface area (Å²) in [4.78, 5) is 10.7. The van der Waals surface area contributed by atoms with Gasteiger partial charge < -0.3 is 5.11 Å². The van der Waals surface area contributed by atoms with Crippen molar-refractivity contribution in [1.29, 1.82) is 0 Å². The molecular weight excluding hydrogens is 369 g/mol. The Morgan fingerprint density at radius 1 is 1.19 bits per heavy atom. The molecule has 2 N–H and O–H groups in total. The van der Waals surface area contributed by atoms with Crippen LogP contribution in [0.1, 0.15) is 55.8 Å². The van der Waals surface area contributed by atoms with Crippen LogP contribution < -0.4 is 5.32 Å². The highest BCUT2D eigenvalue weighted by Crippen LogP contribution is 2.28. The van der Waals surface area contributed by atoms with Crippen LogP contribution in [-0.4, -0.2) is 23.2 Å². The average Bonchev–Trinajstić information content (AvgIpc) is 2.59. The molecule has 1 saturated carbocycles. The van der Waals surface area contributed by atoms with E-state index in [0.29, 0.717) is 10.9 Å². The second-order valence-electron chi connectivity index (χ2n) is 6.61. The summed E-state index contributed by atoms with van der Waals surface area (Å²) in [7, 11) is 0. The van der Waals surface area contributed by atoms with Gasteiger partial charge in [-0.15, -0.1) is 0 Å². The second-order valence-corrected chi connectivity index (χ2v) is 6.61. The van der Waals surface area contributed by atoms with Crippen molar-refractivity contribution in [3.8, 4) is 11.8 Å². The van der Waals surface area contributed by atoms with E-state index in [9.17, 15) is 31.9 Å². The van der Waals surface area contributed by atoms with Gasteiger partial charge in [0.1, 0.15) is 0 Å². The van der Waals surface area contributed by atoms with Crippen LogP contribution >= 0.6 is 0 Å². The lowest BCUT2D eigenvalue weighted by molar-refractivity contribution is -0.185. The van der Waals surface area contributed by atoms with Gasteiger partial charge in [-0.1, -0.05) is 43.2 Å². The number of alkyl halides is 5. The van der Waals surface area contributed by atoms with Crippen molar-refractivity contribution in [3.63, 3.8) is 0 Å². The molecule has 8 heteroatoms. The number of benzene rings is 1. The number of hydrogen-bond acceptors (Lipinski definition) is 2. The molecule has 0 radical (unpaired) electrons. The van der Waals surface area contributed by atoms with Crippen LogP contribution in [-0.2, 0) is 4.79 Å². The molecule has 1 aliphatic rings. The molecule has 0 spiro atoms. The maximum absolute atomic E-state index is 13.6. The molecule has 2 rings (SSSR count). The molecule has 0 saturated heterocycles. The Balaban J connectivity index is 2.02. The molecule has 1 fully saturated rings. The highest BCUT2D eigenvalue weighted by molar-refractivity contribution is 5.82. The fourth-order valence-corrected chi connectivity index (χ4v) is 2.90. The Hall–Kier alpha value is -2.14. The van der Waals surface area contributed by atoms with Crippen molar-refractivity contribution in [2.75, 3.05) is 0 Å². The standard InChI is InChI=1S/C19H20F5NO2/c20-18(21,25-17(27)19(22,23)24)12-16(26)15-8-4-7-14(11-15)10-9-13-5-2-1-3-6-13/h4,7-8,11,13,16,26H,1-3,5-6,12H2,(H,25,27). The first-order valence-corrected chi connectivity index (χ1v) is 8.63. The maximum Gasteiger partial charge on any atom is 0.471 e. The van der Waals surface area contributed by atoms with Gasteiger partial charge >= 0.3 is 18.1 Å². The van der Waals surface area contributed by atoms with Crippen LogP contribution in [0.15, 0.2) is 24.3 Å². The quantitative estimate of drug-likeness (QED) is 0.458. The number of carbonyl (C=O) groups is 1. The van der Waals surface area contributed by atoms with E-state index in [0.717, 1.165) is 25.7 Å². The van der Waals surface area contributed by atoms with Gasteiger partial charge in [0, 0.05) is 11.5 Å². The van der Waals surface area contributed by atoms with Crippen LogP contribution in [0.4, 0.5) is 22.0 Å². The molecule has 1 unspecified atom stereocenters. The molecule has 1 atom stereocenters. The topological polar surface area (TPSA) is 49.3 Å². The zero-order valence-corrected chi connectivity index (χ0v) is 14.5. The van der Waals surface area contributed by atoms with E-state index in [4.69, 9.17) is 0 Å². The first-order valence-electron chi connectivity index (χ1n) is 8.63. The van der Waals surface area contributed by atoms with Crippen LogP contribution in [0.3, 0.4) is 0 Å². The summed E-state index contributed by atoms with van der Waals surface area (Å²) in [6.07, 6.45) is -3.10. The lowest BCUT2D eigenvalue weighted by atomic mass is 9.89. The third-order valence-corrected chi connectivity index (χ3v) is 4.30. The Bertz CT molecular complexity index is 715. The van der Waals surface area contributed by atoms with E-state index in [1.165, 1.54) is 24.6 Å². The molecule has 0 bridgehead atoms. The minimum Gasteiger partial charge on any atom is -0.388 e. The van der Waals surface area contributed by atoms with Gasteiger partial charge in [-0.25, -0.2) is 0 Å². The lowest BCUT2D eigenvalue weighted by Gasteiger charge is -2.22. The van der Waals surface area contributed by atoms with Crippen molar-refractivity contribution in [1.82, 2.24) is 5.32 Å². The summed E-state index contributed by atoms with van der Waals surface area (Å²) in [6.45, 7) is 0. The van der Waals surface area contributed by atoms with E-state index >= 15 is 0 Å². The highest BCUT2D eigenvalue weighted by atomic mass is 19.4. The lowest BCUT2D eigenvalue weighted by Crippen LogP contribution is -2.48. The van der Waals surface area contributed by atoms with Crippen LogP contribution in [0.5, 0.6) is 0 Å². The number of rotatable bonds is 4. The molecule has 3 nitrogen and oxygen atoms in total. The van der Waals surface area contributed by atoms with Crippen molar-refractivity contribution < 1.29 is 31.9 Å². The predicted octanol–water partition coefficient (Wildman–Crippen LogP) is 4.31. The summed E-state index contributed by atoms with van der Waals surface area (Å²) in [5.74, 6) is 3.62.